The van der Waals surface area contributed by atoms with Crippen molar-refractivity contribution in [1.82, 2.24) is 9.97 Å². The van der Waals surface area contributed by atoms with Crippen molar-refractivity contribution in [3.8, 4) is 11.6 Å². The lowest BCUT2D eigenvalue weighted by atomic mass is 10.3. The number of nitrogens with one attached hydrogen (secondary N) is 1. The third-order valence-corrected chi connectivity index (χ3v) is 2.72. The Morgan fingerprint density at radius 1 is 1.33 bits per heavy atom. The van der Waals surface area contributed by atoms with E-state index in [4.69, 9.17) is 10.6 Å². The smallest absolute Gasteiger partial charge is 0.224 e. The van der Waals surface area contributed by atoms with Gasteiger partial charge in [-0.15, -0.1) is 0 Å². The van der Waals surface area contributed by atoms with Crippen LogP contribution in [0.4, 0.5) is 5.82 Å². The van der Waals surface area contributed by atoms with E-state index >= 15 is 0 Å². The summed E-state index contributed by atoms with van der Waals surface area (Å²) in [5.74, 6) is 7.73. The van der Waals surface area contributed by atoms with Gasteiger partial charge < -0.3 is 10.2 Å². The van der Waals surface area contributed by atoms with Crippen LogP contribution in [0.3, 0.4) is 0 Å². The van der Waals surface area contributed by atoms with Gasteiger partial charge in [0, 0.05) is 17.0 Å². The normalized spacial score (nSPS) is 10.2. The van der Waals surface area contributed by atoms with Gasteiger partial charge in [0.2, 0.25) is 5.88 Å². The Morgan fingerprint density at radius 3 is 2.83 bits per heavy atom. The van der Waals surface area contributed by atoms with Gasteiger partial charge in [0.15, 0.2) is 0 Å². The predicted molar refractivity (Wildman–Crippen MR) is 73.4 cm³/mol. The van der Waals surface area contributed by atoms with E-state index in [0.717, 1.165) is 4.47 Å². The number of hydrazine groups is 1. The van der Waals surface area contributed by atoms with Crippen LogP contribution in [0.1, 0.15) is 12.7 Å². The Kier molecular flexibility index (Phi) is 4.11. The minimum absolute atomic E-state index is 0.466. The average Bonchev–Trinajstić information content (AvgIpc) is 2.38. The molecule has 0 aliphatic heterocycles. The van der Waals surface area contributed by atoms with Gasteiger partial charge in [0.1, 0.15) is 17.4 Å². The van der Waals surface area contributed by atoms with Crippen LogP contribution in [0.2, 0.25) is 0 Å². The van der Waals surface area contributed by atoms with E-state index in [1.165, 1.54) is 0 Å². The van der Waals surface area contributed by atoms with E-state index in [1.807, 2.05) is 31.2 Å². The minimum atomic E-state index is 0.466. The lowest BCUT2D eigenvalue weighted by Crippen LogP contribution is -2.10. The van der Waals surface area contributed by atoms with E-state index in [-0.39, 0.29) is 0 Å². The summed E-state index contributed by atoms with van der Waals surface area (Å²) in [5.41, 5.74) is 2.50. The standard InChI is InChI=1S/C12H13BrN4O/c1-2-10-15-11(17-14)7-12(16-10)18-9-5-3-4-8(13)6-9/h3-7H,2,14H2,1H3,(H,15,16,17). The Hall–Kier alpha value is -1.66. The van der Waals surface area contributed by atoms with E-state index in [9.17, 15) is 0 Å². The number of halogens is 1. The van der Waals surface area contributed by atoms with Gasteiger partial charge in [-0.25, -0.2) is 10.8 Å². The summed E-state index contributed by atoms with van der Waals surface area (Å²) in [7, 11) is 0. The molecule has 1 aromatic heterocycles. The van der Waals surface area contributed by atoms with Crippen LogP contribution in [-0.4, -0.2) is 9.97 Å². The summed E-state index contributed by atoms with van der Waals surface area (Å²) >= 11 is 3.39. The zero-order chi connectivity index (χ0) is 13.0. The molecule has 0 radical (unpaired) electrons. The van der Waals surface area contributed by atoms with Gasteiger partial charge in [0.25, 0.3) is 0 Å². The number of benzene rings is 1. The van der Waals surface area contributed by atoms with Gasteiger partial charge in [0.05, 0.1) is 0 Å². The molecule has 2 aromatic rings. The summed E-state index contributed by atoms with van der Waals surface area (Å²) in [5, 5.41) is 0. The lowest BCUT2D eigenvalue weighted by molar-refractivity contribution is 0.459. The number of nitrogens with two attached hydrogens (primary N) is 1. The van der Waals surface area contributed by atoms with Gasteiger partial charge in [-0.2, -0.15) is 4.98 Å². The van der Waals surface area contributed by atoms with Crippen molar-refractivity contribution in [2.45, 2.75) is 13.3 Å². The number of anilines is 1. The quantitative estimate of drug-likeness (QED) is 0.671. The third-order valence-electron chi connectivity index (χ3n) is 2.23. The molecule has 0 fully saturated rings. The molecule has 1 aromatic carbocycles. The summed E-state index contributed by atoms with van der Waals surface area (Å²) in [6, 6.07) is 9.19. The fourth-order valence-corrected chi connectivity index (χ4v) is 1.79. The first kappa shape index (κ1) is 12.8. The molecule has 0 saturated heterocycles. The van der Waals surface area contributed by atoms with E-state index < -0.39 is 0 Å². The molecular weight excluding hydrogens is 296 g/mol. The maximum absolute atomic E-state index is 5.67. The van der Waals surface area contributed by atoms with Gasteiger partial charge in [-0.05, 0) is 18.2 Å². The molecular formula is C12H13BrN4O. The number of rotatable bonds is 4. The molecule has 0 amide bonds. The van der Waals surface area contributed by atoms with Crippen molar-refractivity contribution < 1.29 is 4.74 Å². The zero-order valence-electron chi connectivity index (χ0n) is 9.85. The van der Waals surface area contributed by atoms with Gasteiger partial charge in [-0.3, -0.25) is 0 Å². The van der Waals surface area contributed by atoms with Crippen molar-refractivity contribution in [3.63, 3.8) is 0 Å². The molecule has 3 N–H and O–H groups in total. The zero-order valence-corrected chi connectivity index (χ0v) is 11.4. The second kappa shape index (κ2) is 5.79. The number of aryl methyl sites for hydroxylation is 1. The van der Waals surface area contributed by atoms with Crippen LogP contribution < -0.4 is 16.0 Å². The molecule has 0 bridgehead atoms. The SMILES string of the molecule is CCc1nc(NN)cc(Oc2cccc(Br)c2)n1. The molecule has 5 nitrogen and oxygen atoms in total. The Morgan fingerprint density at radius 2 is 2.17 bits per heavy atom. The molecule has 0 atom stereocenters. The highest BCUT2D eigenvalue weighted by Gasteiger charge is 2.05. The van der Waals surface area contributed by atoms with Crippen molar-refractivity contribution in [1.29, 1.82) is 0 Å². The van der Waals surface area contributed by atoms with Gasteiger partial charge in [-0.1, -0.05) is 28.9 Å². The molecule has 0 aliphatic rings. The topological polar surface area (TPSA) is 73.1 Å². The monoisotopic (exact) mass is 308 g/mol. The third kappa shape index (κ3) is 3.18. The molecule has 0 aliphatic carbocycles. The van der Waals surface area contributed by atoms with Crippen molar-refractivity contribution in [2.75, 3.05) is 5.43 Å². The molecule has 94 valence electrons. The fraction of sp³-hybridized carbons (Fsp3) is 0.167. The minimum Gasteiger partial charge on any atom is -0.439 e. The molecule has 1 heterocycles. The predicted octanol–water partition coefficient (Wildman–Crippen LogP) is 2.88. The summed E-state index contributed by atoms with van der Waals surface area (Å²) < 4.78 is 6.61. The van der Waals surface area contributed by atoms with Crippen LogP contribution in [-0.2, 0) is 6.42 Å². The first-order valence-corrected chi connectivity index (χ1v) is 6.28. The van der Waals surface area contributed by atoms with Crippen LogP contribution in [0, 0.1) is 0 Å². The number of nitrogens with zero attached hydrogens (tertiary/aromatic N) is 2. The van der Waals surface area contributed by atoms with E-state index in [0.29, 0.717) is 29.7 Å². The van der Waals surface area contributed by atoms with Crippen molar-refractivity contribution >= 4 is 21.7 Å². The molecule has 0 spiro atoms. The van der Waals surface area contributed by atoms with Crippen LogP contribution in [0.25, 0.3) is 0 Å². The first-order valence-electron chi connectivity index (χ1n) is 5.49. The highest BCUT2D eigenvalue weighted by Crippen LogP contribution is 2.24. The molecule has 0 saturated carbocycles. The number of ether oxygens (including phenoxy) is 1. The summed E-state index contributed by atoms with van der Waals surface area (Å²) in [4.78, 5) is 8.47. The second-order valence-corrected chi connectivity index (χ2v) is 4.48. The molecule has 6 heteroatoms. The van der Waals surface area contributed by atoms with E-state index in [2.05, 4.69) is 31.3 Å². The van der Waals surface area contributed by atoms with Crippen molar-refractivity contribution in [3.05, 3.63) is 40.6 Å². The average molecular weight is 309 g/mol. The second-order valence-electron chi connectivity index (χ2n) is 3.56. The lowest BCUT2D eigenvalue weighted by Gasteiger charge is -2.08. The van der Waals surface area contributed by atoms with E-state index in [1.54, 1.807) is 6.07 Å². The Bertz CT molecular complexity index is 525. The number of hydrogen-bond donors (Lipinski definition) is 2. The van der Waals surface area contributed by atoms with Crippen molar-refractivity contribution in [2.24, 2.45) is 5.84 Å². The highest BCUT2D eigenvalue weighted by atomic mass is 79.9. The first-order chi connectivity index (χ1) is 8.71. The summed E-state index contributed by atoms with van der Waals surface area (Å²) in [6.07, 6.45) is 0.713. The fourth-order valence-electron chi connectivity index (χ4n) is 1.41. The number of hydrogen-bond acceptors (Lipinski definition) is 5. The largest absolute Gasteiger partial charge is 0.439 e. The molecule has 0 unspecified atom stereocenters. The molecule has 2 rings (SSSR count). The maximum Gasteiger partial charge on any atom is 0.224 e. The number of aromatic nitrogens is 2. The van der Waals surface area contributed by atoms with Gasteiger partial charge >= 0.3 is 0 Å². The van der Waals surface area contributed by atoms with Crippen LogP contribution >= 0.6 is 15.9 Å². The number of nitrogen functional groups attached to an aromatic ring is 1. The Labute approximate surface area is 113 Å². The highest BCUT2D eigenvalue weighted by molar-refractivity contribution is 9.10. The Balaban J connectivity index is 2.28. The van der Waals surface area contributed by atoms with Crippen LogP contribution in [0.5, 0.6) is 11.6 Å². The molecule has 18 heavy (non-hydrogen) atoms. The van der Waals surface area contributed by atoms with Crippen LogP contribution in [0.15, 0.2) is 34.8 Å². The maximum atomic E-state index is 5.67. The summed E-state index contributed by atoms with van der Waals surface area (Å²) in [6.45, 7) is 1.97.